The second kappa shape index (κ2) is 5.96. The number of ether oxygens (including phenoxy) is 2. The maximum absolute atomic E-state index is 11.7. The van der Waals surface area contributed by atoms with Gasteiger partial charge >= 0.3 is 5.97 Å². The first-order valence-electron chi connectivity index (χ1n) is 6.21. The standard InChI is InChI=1S/C14H14N4O3/c1-3-21-14(19)11-8-17-18(13(11)16)10-4-5-12(20-2)9(6-10)7-15/h4-6,8H,3,16H2,1-2H3. The van der Waals surface area contributed by atoms with Gasteiger partial charge in [-0.2, -0.15) is 10.4 Å². The van der Waals surface area contributed by atoms with E-state index in [4.69, 9.17) is 20.5 Å². The van der Waals surface area contributed by atoms with Crippen molar-refractivity contribution in [3.05, 3.63) is 35.5 Å². The summed E-state index contributed by atoms with van der Waals surface area (Å²) in [5, 5.41) is 13.1. The number of esters is 1. The number of aromatic nitrogens is 2. The summed E-state index contributed by atoms with van der Waals surface area (Å²) in [6, 6.07) is 6.94. The fourth-order valence-corrected chi connectivity index (χ4v) is 1.84. The van der Waals surface area contributed by atoms with Crippen molar-refractivity contribution >= 4 is 11.8 Å². The maximum atomic E-state index is 11.7. The minimum Gasteiger partial charge on any atom is -0.495 e. The highest BCUT2D eigenvalue weighted by Crippen LogP contribution is 2.23. The molecule has 0 radical (unpaired) electrons. The van der Waals surface area contributed by atoms with Crippen molar-refractivity contribution in [3.63, 3.8) is 0 Å². The summed E-state index contributed by atoms with van der Waals surface area (Å²) in [7, 11) is 1.48. The highest BCUT2D eigenvalue weighted by molar-refractivity contribution is 5.94. The Morgan fingerprint density at radius 1 is 1.52 bits per heavy atom. The molecule has 21 heavy (non-hydrogen) atoms. The Balaban J connectivity index is 2.44. The predicted octanol–water partition coefficient (Wildman–Crippen LogP) is 1.51. The summed E-state index contributed by atoms with van der Waals surface area (Å²) in [6.07, 6.45) is 1.34. The van der Waals surface area contributed by atoms with E-state index in [1.165, 1.54) is 18.0 Å². The van der Waals surface area contributed by atoms with Gasteiger partial charge in [0.15, 0.2) is 0 Å². The first-order valence-corrected chi connectivity index (χ1v) is 6.21. The monoisotopic (exact) mass is 286 g/mol. The number of rotatable bonds is 4. The van der Waals surface area contributed by atoms with E-state index in [2.05, 4.69) is 5.10 Å². The molecule has 2 aromatic rings. The molecular weight excluding hydrogens is 272 g/mol. The number of nitrogens with two attached hydrogens (primary N) is 1. The zero-order valence-corrected chi connectivity index (χ0v) is 11.7. The topological polar surface area (TPSA) is 103 Å². The SMILES string of the molecule is CCOC(=O)c1cnn(-c2ccc(OC)c(C#N)c2)c1N. The molecule has 1 heterocycles. The smallest absolute Gasteiger partial charge is 0.343 e. The third kappa shape index (κ3) is 2.65. The lowest BCUT2D eigenvalue weighted by Crippen LogP contribution is -2.09. The fraction of sp³-hybridized carbons (Fsp3) is 0.214. The molecule has 0 aliphatic carbocycles. The first-order chi connectivity index (χ1) is 10.1. The van der Waals surface area contributed by atoms with Gasteiger partial charge in [0.2, 0.25) is 0 Å². The predicted molar refractivity (Wildman–Crippen MR) is 75.2 cm³/mol. The van der Waals surface area contributed by atoms with Crippen molar-refractivity contribution in [1.29, 1.82) is 5.26 Å². The second-order valence-electron chi connectivity index (χ2n) is 4.07. The van der Waals surface area contributed by atoms with E-state index >= 15 is 0 Å². The van der Waals surface area contributed by atoms with Crippen LogP contribution in [-0.2, 0) is 4.74 Å². The highest BCUT2D eigenvalue weighted by atomic mass is 16.5. The van der Waals surface area contributed by atoms with Gasteiger partial charge in [0.25, 0.3) is 0 Å². The summed E-state index contributed by atoms with van der Waals surface area (Å²) < 4.78 is 11.3. The number of nitrogen functional groups attached to an aromatic ring is 1. The van der Waals surface area contributed by atoms with Crippen LogP contribution in [0.4, 0.5) is 5.82 Å². The minimum atomic E-state index is -0.532. The van der Waals surface area contributed by atoms with Gasteiger partial charge < -0.3 is 15.2 Å². The Kier molecular flexibility index (Phi) is 4.09. The summed E-state index contributed by atoms with van der Waals surface area (Å²) in [6.45, 7) is 1.96. The summed E-state index contributed by atoms with van der Waals surface area (Å²) in [4.78, 5) is 11.7. The molecule has 0 amide bonds. The number of carbonyl (C=O) groups excluding carboxylic acids is 1. The van der Waals surface area contributed by atoms with E-state index < -0.39 is 5.97 Å². The molecule has 0 aliphatic heterocycles. The van der Waals surface area contributed by atoms with E-state index in [1.54, 1.807) is 25.1 Å². The Bertz CT molecular complexity index is 715. The number of carbonyl (C=O) groups is 1. The lowest BCUT2D eigenvalue weighted by atomic mass is 10.2. The molecular formula is C14H14N4O3. The number of nitrogens with zero attached hydrogens (tertiary/aromatic N) is 3. The second-order valence-corrected chi connectivity index (χ2v) is 4.07. The Hall–Kier alpha value is -3.01. The van der Waals surface area contributed by atoms with Crippen molar-refractivity contribution in [2.75, 3.05) is 19.5 Å². The van der Waals surface area contributed by atoms with Crippen LogP contribution in [0.5, 0.6) is 5.75 Å². The van der Waals surface area contributed by atoms with Crippen LogP contribution in [0.15, 0.2) is 24.4 Å². The molecule has 7 nitrogen and oxygen atoms in total. The molecule has 0 atom stereocenters. The zero-order valence-electron chi connectivity index (χ0n) is 11.7. The number of methoxy groups -OCH3 is 1. The fourth-order valence-electron chi connectivity index (χ4n) is 1.84. The molecule has 1 aromatic carbocycles. The summed E-state index contributed by atoms with van der Waals surface area (Å²) in [5.74, 6) is 0.0790. The molecule has 2 N–H and O–H groups in total. The summed E-state index contributed by atoms with van der Waals surface area (Å²) >= 11 is 0. The molecule has 2 rings (SSSR count). The van der Waals surface area contributed by atoms with Gasteiger partial charge in [-0.25, -0.2) is 9.48 Å². The molecule has 0 unspecified atom stereocenters. The van der Waals surface area contributed by atoms with Crippen LogP contribution < -0.4 is 10.5 Å². The van der Waals surface area contributed by atoms with Crippen LogP contribution in [0.25, 0.3) is 5.69 Å². The van der Waals surface area contributed by atoms with Crippen molar-refractivity contribution < 1.29 is 14.3 Å². The van der Waals surface area contributed by atoms with Crippen LogP contribution in [0, 0.1) is 11.3 Å². The van der Waals surface area contributed by atoms with Gasteiger partial charge in [-0.3, -0.25) is 0 Å². The molecule has 0 fully saturated rings. The minimum absolute atomic E-state index is 0.155. The van der Waals surface area contributed by atoms with Gasteiger partial charge in [-0.05, 0) is 25.1 Å². The molecule has 0 spiro atoms. The average molecular weight is 286 g/mol. The van der Waals surface area contributed by atoms with Crippen LogP contribution in [0.1, 0.15) is 22.8 Å². The van der Waals surface area contributed by atoms with E-state index in [1.807, 2.05) is 6.07 Å². The number of nitriles is 1. The van der Waals surface area contributed by atoms with Gasteiger partial charge in [0.05, 0.1) is 31.2 Å². The third-order valence-electron chi connectivity index (χ3n) is 2.85. The van der Waals surface area contributed by atoms with Gasteiger partial charge in [-0.15, -0.1) is 0 Å². The number of hydrogen-bond acceptors (Lipinski definition) is 6. The zero-order chi connectivity index (χ0) is 15.4. The molecule has 0 bridgehead atoms. The van der Waals surface area contributed by atoms with Gasteiger partial charge in [0, 0.05) is 0 Å². The average Bonchev–Trinajstić information content (AvgIpc) is 2.88. The number of hydrogen-bond donors (Lipinski definition) is 1. The van der Waals surface area contributed by atoms with E-state index in [0.29, 0.717) is 17.0 Å². The third-order valence-corrected chi connectivity index (χ3v) is 2.85. The lowest BCUT2D eigenvalue weighted by molar-refractivity contribution is 0.0527. The normalized spacial score (nSPS) is 9.95. The highest BCUT2D eigenvalue weighted by Gasteiger charge is 2.17. The van der Waals surface area contributed by atoms with Gasteiger partial charge in [-0.1, -0.05) is 0 Å². The van der Waals surface area contributed by atoms with Crippen LogP contribution in [-0.4, -0.2) is 29.5 Å². The van der Waals surface area contributed by atoms with Gasteiger partial charge in [0.1, 0.15) is 23.2 Å². The number of benzene rings is 1. The van der Waals surface area contributed by atoms with Crippen LogP contribution in [0.2, 0.25) is 0 Å². The van der Waals surface area contributed by atoms with Crippen molar-refractivity contribution in [2.24, 2.45) is 0 Å². The Morgan fingerprint density at radius 2 is 2.29 bits per heavy atom. The molecule has 1 aromatic heterocycles. The van der Waals surface area contributed by atoms with Crippen LogP contribution >= 0.6 is 0 Å². The van der Waals surface area contributed by atoms with E-state index in [-0.39, 0.29) is 18.0 Å². The number of anilines is 1. The largest absolute Gasteiger partial charge is 0.495 e. The van der Waals surface area contributed by atoms with Crippen molar-refractivity contribution in [2.45, 2.75) is 6.92 Å². The van der Waals surface area contributed by atoms with E-state index in [9.17, 15) is 4.79 Å². The molecule has 7 heteroatoms. The first kappa shape index (κ1) is 14.4. The molecule has 0 aliphatic rings. The quantitative estimate of drug-likeness (QED) is 0.854. The van der Waals surface area contributed by atoms with Crippen LogP contribution in [0.3, 0.4) is 0 Å². The molecule has 108 valence electrons. The van der Waals surface area contributed by atoms with Crippen molar-refractivity contribution in [3.8, 4) is 17.5 Å². The van der Waals surface area contributed by atoms with E-state index in [0.717, 1.165) is 0 Å². The van der Waals surface area contributed by atoms with Crippen molar-refractivity contribution in [1.82, 2.24) is 9.78 Å². The molecule has 0 saturated heterocycles. The maximum Gasteiger partial charge on any atom is 0.343 e. The Labute approximate surface area is 121 Å². The lowest BCUT2D eigenvalue weighted by Gasteiger charge is -2.08. The Morgan fingerprint density at radius 3 is 2.90 bits per heavy atom. The summed E-state index contributed by atoms with van der Waals surface area (Å²) in [5.41, 5.74) is 7.01. The molecule has 0 saturated carbocycles.